The van der Waals surface area contributed by atoms with Crippen LogP contribution >= 0.6 is 11.6 Å². The SMILES string of the molecule is O=C(NCCc1ccccn1)c1ccc(Cl)c(S(=O)(=O)NC2CC2)c1. The molecule has 1 aliphatic carbocycles. The van der Waals surface area contributed by atoms with Crippen molar-refractivity contribution in [2.75, 3.05) is 6.54 Å². The number of aromatic nitrogens is 1. The van der Waals surface area contributed by atoms with E-state index in [1.165, 1.54) is 18.2 Å². The molecule has 0 atom stereocenters. The van der Waals surface area contributed by atoms with E-state index in [2.05, 4.69) is 15.0 Å². The Labute approximate surface area is 151 Å². The number of amides is 1. The second-order valence-corrected chi connectivity index (χ2v) is 7.96. The van der Waals surface area contributed by atoms with Gasteiger partial charge in [0.05, 0.1) is 5.02 Å². The summed E-state index contributed by atoms with van der Waals surface area (Å²) < 4.78 is 27.2. The Hall–Kier alpha value is -1.96. The smallest absolute Gasteiger partial charge is 0.251 e. The van der Waals surface area contributed by atoms with Gasteiger partial charge in [-0.05, 0) is 43.2 Å². The second-order valence-electron chi connectivity index (χ2n) is 5.87. The number of rotatable bonds is 7. The highest BCUT2D eigenvalue weighted by molar-refractivity contribution is 7.89. The van der Waals surface area contributed by atoms with Crippen LogP contribution in [0.4, 0.5) is 0 Å². The fourth-order valence-corrected chi connectivity index (χ4v) is 4.12. The molecule has 1 aromatic carbocycles. The van der Waals surface area contributed by atoms with Crippen LogP contribution in [-0.4, -0.2) is 31.9 Å². The third kappa shape index (κ3) is 4.78. The van der Waals surface area contributed by atoms with Crippen LogP contribution in [0.15, 0.2) is 47.5 Å². The van der Waals surface area contributed by atoms with Crippen molar-refractivity contribution in [3.8, 4) is 0 Å². The molecule has 1 fully saturated rings. The van der Waals surface area contributed by atoms with Crippen molar-refractivity contribution >= 4 is 27.5 Å². The Morgan fingerprint density at radius 3 is 2.72 bits per heavy atom. The molecule has 0 saturated heterocycles. The minimum Gasteiger partial charge on any atom is -0.352 e. The number of sulfonamides is 1. The standard InChI is InChI=1S/C17H18ClN3O3S/c18-15-7-4-12(11-16(15)25(23,24)21-14-5-6-14)17(22)20-10-8-13-3-1-2-9-19-13/h1-4,7,9,11,14,21H,5-6,8,10H2,(H,20,22). The number of nitrogens with zero attached hydrogens (tertiary/aromatic N) is 1. The highest BCUT2D eigenvalue weighted by atomic mass is 35.5. The topological polar surface area (TPSA) is 88.2 Å². The number of hydrogen-bond acceptors (Lipinski definition) is 4. The monoisotopic (exact) mass is 379 g/mol. The van der Waals surface area contributed by atoms with Gasteiger partial charge in [-0.2, -0.15) is 0 Å². The highest BCUT2D eigenvalue weighted by Crippen LogP contribution is 2.26. The predicted octanol–water partition coefficient (Wildman–Crippen LogP) is 2.15. The van der Waals surface area contributed by atoms with Gasteiger partial charge >= 0.3 is 0 Å². The lowest BCUT2D eigenvalue weighted by atomic mass is 10.2. The number of pyridine rings is 1. The normalized spacial score (nSPS) is 14.3. The summed E-state index contributed by atoms with van der Waals surface area (Å²) in [6, 6.07) is 9.80. The molecule has 8 heteroatoms. The van der Waals surface area contributed by atoms with Gasteiger partial charge in [-0.1, -0.05) is 17.7 Å². The van der Waals surface area contributed by atoms with Crippen molar-refractivity contribution in [1.29, 1.82) is 0 Å². The maximum atomic E-state index is 12.3. The van der Waals surface area contributed by atoms with Crippen LogP contribution in [0.3, 0.4) is 0 Å². The Kier molecular flexibility index (Phi) is 5.36. The molecule has 2 N–H and O–H groups in total. The molecule has 1 heterocycles. The van der Waals surface area contributed by atoms with E-state index in [4.69, 9.17) is 11.6 Å². The third-order valence-electron chi connectivity index (χ3n) is 3.77. The van der Waals surface area contributed by atoms with Crippen LogP contribution in [0, 0.1) is 0 Å². The molecule has 1 amide bonds. The van der Waals surface area contributed by atoms with Gasteiger partial charge in [0.25, 0.3) is 5.91 Å². The highest BCUT2D eigenvalue weighted by Gasteiger charge is 2.29. The first-order valence-corrected chi connectivity index (χ1v) is 9.82. The van der Waals surface area contributed by atoms with E-state index < -0.39 is 10.0 Å². The molecule has 25 heavy (non-hydrogen) atoms. The molecule has 1 saturated carbocycles. The largest absolute Gasteiger partial charge is 0.352 e. The summed E-state index contributed by atoms with van der Waals surface area (Å²) in [5.41, 5.74) is 1.12. The Morgan fingerprint density at radius 2 is 2.04 bits per heavy atom. The number of hydrogen-bond donors (Lipinski definition) is 2. The second kappa shape index (κ2) is 7.51. The lowest BCUT2D eigenvalue weighted by Crippen LogP contribution is -2.28. The zero-order chi connectivity index (χ0) is 17.9. The number of benzene rings is 1. The van der Waals surface area contributed by atoms with Crippen molar-refractivity contribution in [1.82, 2.24) is 15.0 Å². The summed E-state index contributed by atoms with van der Waals surface area (Å²) in [6.07, 6.45) is 3.93. The van der Waals surface area contributed by atoms with E-state index in [-0.39, 0.29) is 27.4 Å². The van der Waals surface area contributed by atoms with Gasteiger partial charge in [-0.15, -0.1) is 0 Å². The van der Waals surface area contributed by atoms with Gasteiger partial charge < -0.3 is 5.32 Å². The van der Waals surface area contributed by atoms with Crippen molar-refractivity contribution in [2.45, 2.75) is 30.2 Å². The molecule has 0 unspecified atom stereocenters. The summed E-state index contributed by atoms with van der Waals surface area (Å²) in [6.45, 7) is 0.404. The van der Waals surface area contributed by atoms with Crippen molar-refractivity contribution in [3.63, 3.8) is 0 Å². The summed E-state index contributed by atoms with van der Waals surface area (Å²) in [5.74, 6) is -0.351. The minimum atomic E-state index is -3.72. The summed E-state index contributed by atoms with van der Waals surface area (Å²) in [5, 5.41) is 2.86. The molecule has 3 rings (SSSR count). The first-order valence-electron chi connectivity index (χ1n) is 7.96. The first-order chi connectivity index (χ1) is 12.0. The van der Waals surface area contributed by atoms with Gasteiger partial charge in [-0.25, -0.2) is 13.1 Å². The quantitative estimate of drug-likeness (QED) is 0.771. The molecule has 0 spiro atoms. The van der Waals surface area contributed by atoms with Gasteiger partial charge in [0.2, 0.25) is 10.0 Å². The molecule has 0 radical (unpaired) electrons. The van der Waals surface area contributed by atoms with Gasteiger partial charge in [0.15, 0.2) is 0 Å². The average molecular weight is 380 g/mol. The van der Waals surface area contributed by atoms with Crippen LogP contribution in [0.25, 0.3) is 0 Å². The number of halogens is 1. The summed E-state index contributed by atoms with van der Waals surface area (Å²) in [4.78, 5) is 16.4. The van der Waals surface area contributed by atoms with E-state index in [9.17, 15) is 13.2 Å². The molecular formula is C17H18ClN3O3S. The Morgan fingerprint density at radius 1 is 1.24 bits per heavy atom. The van der Waals surface area contributed by atoms with Crippen molar-refractivity contribution < 1.29 is 13.2 Å². The lowest BCUT2D eigenvalue weighted by molar-refractivity contribution is 0.0954. The molecule has 6 nitrogen and oxygen atoms in total. The van der Waals surface area contributed by atoms with Gasteiger partial charge in [-0.3, -0.25) is 9.78 Å². The number of nitrogens with one attached hydrogen (secondary N) is 2. The Bertz CT molecular complexity index is 868. The average Bonchev–Trinajstić information content (AvgIpc) is 3.39. The maximum absolute atomic E-state index is 12.3. The fourth-order valence-electron chi connectivity index (χ4n) is 2.29. The van der Waals surface area contributed by atoms with E-state index in [0.717, 1.165) is 18.5 Å². The number of carbonyl (C=O) groups is 1. The van der Waals surface area contributed by atoms with Crippen LogP contribution in [-0.2, 0) is 16.4 Å². The van der Waals surface area contributed by atoms with E-state index in [0.29, 0.717) is 13.0 Å². The van der Waals surface area contributed by atoms with Crippen LogP contribution in [0.5, 0.6) is 0 Å². The van der Waals surface area contributed by atoms with Crippen LogP contribution < -0.4 is 10.0 Å². The lowest BCUT2D eigenvalue weighted by Gasteiger charge is -2.10. The van der Waals surface area contributed by atoms with E-state index in [1.54, 1.807) is 6.20 Å². The molecule has 0 aliphatic heterocycles. The maximum Gasteiger partial charge on any atom is 0.251 e. The van der Waals surface area contributed by atoms with E-state index >= 15 is 0 Å². The molecular weight excluding hydrogens is 362 g/mol. The van der Waals surface area contributed by atoms with Crippen molar-refractivity contribution in [3.05, 3.63) is 58.9 Å². The Balaban J connectivity index is 1.67. The van der Waals surface area contributed by atoms with Gasteiger partial charge in [0.1, 0.15) is 4.90 Å². The van der Waals surface area contributed by atoms with Gasteiger partial charge in [0, 0.05) is 36.5 Å². The zero-order valence-corrected chi connectivity index (χ0v) is 15.0. The van der Waals surface area contributed by atoms with Crippen LogP contribution in [0.1, 0.15) is 28.9 Å². The molecule has 1 aliphatic rings. The summed E-state index contributed by atoms with van der Waals surface area (Å²) >= 11 is 6.01. The number of carbonyl (C=O) groups excluding carboxylic acids is 1. The predicted molar refractivity (Wildman–Crippen MR) is 95.1 cm³/mol. The van der Waals surface area contributed by atoms with E-state index in [1.807, 2.05) is 18.2 Å². The summed E-state index contributed by atoms with van der Waals surface area (Å²) in [7, 11) is -3.72. The first kappa shape index (κ1) is 17.8. The minimum absolute atomic E-state index is 0.0306. The molecule has 0 bridgehead atoms. The molecule has 132 valence electrons. The third-order valence-corrected chi connectivity index (χ3v) is 5.78. The molecule has 1 aromatic heterocycles. The molecule has 2 aromatic rings. The van der Waals surface area contributed by atoms with Crippen molar-refractivity contribution in [2.24, 2.45) is 0 Å². The van der Waals surface area contributed by atoms with Crippen LogP contribution in [0.2, 0.25) is 5.02 Å². The fraction of sp³-hybridized carbons (Fsp3) is 0.294. The zero-order valence-electron chi connectivity index (χ0n) is 13.4.